The summed E-state index contributed by atoms with van der Waals surface area (Å²) >= 11 is 0. The Morgan fingerprint density at radius 3 is 2.05 bits per heavy atom. The van der Waals surface area contributed by atoms with E-state index in [-0.39, 0.29) is 6.04 Å². The molecule has 0 heterocycles. The third-order valence-corrected chi connectivity index (χ3v) is 3.23. The molecular formula is C18H22N2O. The summed E-state index contributed by atoms with van der Waals surface area (Å²) in [4.78, 5) is 0. The molecule has 0 saturated heterocycles. The quantitative estimate of drug-likeness (QED) is 0.799. The molecule has 0 radical (unpaired) electrons. The van der Waals surface area contributed by atoms with Crippen molar-refractivity contribution in [3.8, 4) is 0 Å². The molecule has 2 unspecified atom stereocenters. The summed E-state index contributed by atoms with van der Waals surface area (Å²) in [7, 11) is 0. The van der Waals surface area contributed by atoms with Crippen LogP contribution in [0.15, 0.2) is 70.9 Å². The van der Waals surface area contributed by atoms with Gasteiger partial charge in [-0.1, -0.05) is 60.7 Å². The minimum absolute atomic E-state index is 0.0506. The van der Waals surface area contributed by atoms with Crippen LogP contribution in [-0.4, -0.2) is 16.9 Å². The van der Waals surface area contributed by atoms with Gasteiger partial charge in [-0.05, 0) is 31.4 Å². The minimum atomic E-state index is -1.16. The van der Waals surface area contributed by atoms with E-state index < -0.39 is 5.72 Å². The molecule has 0 bridgehead atoms. The van der Waals surface area contributed by atoms with Crippen molar-refractivity contribution in [2.24, 2.45) is 10.2 Å². The van der Waals surface area contributed by atoms with Crippen molar-refractivity contribution < 1.29 is 5.11 Å². The van der Waals surface area contributed by atoms with Gasteiger partial charge in [0.2, 0.25) is 0 Å². The SMILES string of the molecule is CC(Cc1ccccc1)N=NC(C)(O)Cc1ccccc1. The van der Waals surface area contributed by atoms with Crippen molar-refractivity contribution in [1.29, 1.82) is 0 Å². The van der Waals surface area contributed by atoms with Gasteiger partial charge in [0.25, 0.3) is 0 Å². The second-order valence-electron chi connectivity index (χ2n) is 5.63. The van der Waals surface area contributed by atoms with E-state index in [0.717, 1.165) is 12.0 Å². The van der Waals surface area contributed by atoms with E-state index in [9.17, 15) is 5.11 Å². The maximum absolute atomic E-state index is 10.3. The van der Waals surface area contributed by atoms with Crippen LogP contribution < -0.4 is 0 Å². The van der Waals surface area contributed by atoms with Crippen LogP contribution in [0.2, 0.25) is 0 Å². The van der Waals surface area contributed by atoms with Gasteiger partial charge in [-0.2, -0.15) is 10.2 Å². The van der Waals surface area contributed by atoms with Crippen LogP contribution in [0.1, 0.15) is 25.0 Å². The summed E-state index contributed by atoms with van der Waals surface area (Å²) in [6.07, 6.45) is 1.29. The number of hydrogen-bond acceptors (Lipinski definition) is 3. The first-order valence-corrected chi connectivity index (χ1v) is 7.27. The van der Waals surface area contributed by atoms with Gasteiger partial charge in [0.1, 0.15) is 0 Å². The van der Waals surface area contributed by atoms with Crippen LogP contribution in [0, 0.1) is 0 Å². The van der Waals surface area contributed by atoms with Crippen molar-refractivity contribution in [3.05, 3.63) is 71.8 Å². The van der Waals surface area contributed by atoms with Crippen molar-refractivity contribution >= 4 is 0 Å². The van der Waals surface area contributed by atoms with Crippen molar-refractivity contribution in [2.75, 3.05) is 0 Å². The van der Waals surface area contributed by atoms with Crippen molar-refractivity contribution in [3.63, 3.8) is 0 Å². The van der Waals surface area contributed by atoms with E-state index in [1.807, 2.05) is 55.5 Å². The fourth-order valence-electron chi connectivity index (χ4n) is 2.24. The Hall–Kier alpha value is -2.00. The van der Waals surface area contributed by atoms with E-state index in [1.165, 1.54) is 5.56 Å². The summed E-state index contributed by atoms with van der Waals surface area (Å²) in [6, 6.07) is 20.1. The maximum Gasteiger partial charge on any atom is 0.177 e. The lowest BCUT2D eigenvalue weighted by molar-refractivity contribution is 0.0605. The molecule has 2 aromatic carbocycles. The first-order chi connectivity index (χ1) is 10.1. The molecule has 1 N–H and O–H groups in total. The number of azo groups is 1. The first-order valence-electron chi connectivity index (χ1n) is 7.27. The average molecular weight is 282 g/mol. The standard InChI is InChI=1S/C18H22N2O/c1-15(13-16-9-5-3-6-10-16)19-20-18(2,21)14-17-11-7-4-8-12-17/h3-12,15,21H,13-14H2,1-2H3. The molecule has 110 valence electrons. The third kappa shape index (κ3) is 5.48. The second-order valence-corrected chi connectivity index (χ2v) is 5.63. The van der Waals surface area contributed by atoms with E-state index in [4.69, 9.17) is 0 Å². The van der Waals surface area contributed by atoms with Gasteiger partial charge in [0.15, 0.2) is 5.72 Å². The molecule has 2 rings (SSSR count). The van der Waals surface area contributed by atoms with E-state index in [1.54, 1.807) is 6.92 Å². The molecule has 0 saturated carbocycles. The monoisotopic (exact) mass is 282 g/mol. The zero-order valence-electron chi connectivity index (χ0n) is 12.6. The summed E-state index contributed by atoms with van der Waals surface area (Å²) in [5.41, 5.74) is 1.12. The second kappa shape index (κ2) is 7.14. The molecule has 0 amide bonds. The third-order valence-electron chi connectivity index (χ3n) is 3.23. The number of aliphatic hydroxyl groups is 1. The Kier molecular flexibility index (Phi) is 5.23. The Morgan fingerprint density at radius 1 is 0.952 bits per heavy atom. The van der Waals surface area contributed by atoms with E-state index >= 15 is 0 Å². The summed E-state index contributed by atoms with van der Waals surface area (Å²) in [5.74, 6) is 0. The highest BCUT2D eigenvalue weighted by atomic mass is 16.3. The molecule has 21 heavy (non-hydrogen) atoms. The maximum atomic E-state index is 10.3. The van der Waals surface area contributed by atoms with Gasteiger partial charge in [0.05, 0.1) is 6.04 Å². The first kappa shape index (κ1) is 15.4. The molecule has 0 aliphatic rings. The number of benzene rings is 2. The lowest BCUT2D eigenvalue weighted by Gasteiger charge is -2.17. The minimum Gasteiger partial charge on any atom is -0.368 e. The normalized spacial score (nSPS) is 15.8. The van der Waals surface area contributed by atoms with Crippen LogP contribution in [0.3, 0.4) is 0 Å². The van der Waals surface area contributed by atoms with Gasteiger partial charge in [0, 0.05) is 6.42 Å². The van der Waals surface area contributed by atoms with Crippen LogP contribution >= 0.6 is 0 Å². The van der Waals surface area contributed by atoms with Gasteiger partial charge in [-0.15, -0.1) is 0 Å². The summed E-state index contributed by atoms with van der Waals surface area (Å²) in [5, 5.41) is 18.7. The number of rotatable bonds is 6. The van der Waals surface area contributed by atoms with Gasteiger partial charge < -0.3 is 5.11 Å². The molecule has 0 aromatic heterocycles. The molecule has 0 aliphatic heterocycles. The fraction of sp³-hybridized carbons (Fsp3) is 0.333. The Bertz CT molecular complexity index is 564. The molecule has 2 atom stereocenters. The predicted octanol–water partition coefficient (Wildman–Crippen LogP) is 4.02. The molecule has 0 fully saturated rings. The molecule has 3 heteroatoms. The van der Waals surface area contributed by atoms with Crippen molar-refractivity contribution in [1.82, 2.24) is 0 Å². The van der Waals surface area contributed by atoms with Crippen LogP contribution in [0.4, 0.5) is 0 Å². The number of hydrogen-bond donors (Lipinski definition) is 1. The Labute approximate surface area is 126 Å². The van der Waals surface area contributed by atoms with E-state index in [0.29, 0.717) is 6.42 Å². The predicted molar refractivity (Wildman–Crippen MR) is 85.2 cm³/mol. The van der Waals surface area contributed by atoms with Gasteiger partial charge in [-0.25, -0.2) is 0 Å². The van der Waals surface area contributed by atoms with Crippen LogP contribution in [-0.2, 0) is 12.8 Å². The zero-order valence-corrected chi connectivity index (χ0v) is 12.6. The van der Waals surface area contributed by atoms with Gasteiger partial charge in [-0.3, -0.25) is 0 Å². The van der Waals surface area contributed by atoms with Crippen molar-refractivity contribution in [2.45, 2.75) is 38.5 Å². The Morgan fingerprint density at radius 2 is 1.48 bits per heavy atom. The molecule has 0 aliphatic carbocycles. The largest absolute Gasteiger partial charge is 0.368 e. The number of nitrogens with zero attached hydrogens (tertiary/aromatic N) is 2. The molecule has 0 spiro atoms. The molecule has 3 nitrogen and oxygen atoms in total. The highest BCUT2D eigenvalue weighted by Gasteiger charge is 2.20. The van der Waals surface area contributed by atoms with Gasteiger partial charge >= 0.3 is 0 Å². The fourth-order valence-corrected chi connectivity index (χ4v) is 2.24. The summed E-state index contributed by atoms with van der Waals surface area (Å²) < 4.78 is 0. The van der Waals surface area contributed by atoms with E-state index in [2.05, 4.69) is 22.4 Å². The zero-order chi connectivity index (χ0) is 15.1. The highest BCUT2D eigenvalue weighted by molar-refractivity contribution is 5.17. The molecule has 2 aromatic rings. The van der Waals surface area contributed by atoms with Crippen LogP contribution in [0.25, 0.3) is 0 Å². The van der Waals surface area contributed by atoms with Crippen LogP contribution in [0.5, 0.6) is 0 Å². The average Bonchev–Trinajstić information content (AvgIpc) is 2.47. The summed E-state index contributed by atoms with van der Waals surface area (Å²) in [6.45, 7) is 3.70. The Balaban J connectivity index is 1.92. The highest BCUT2D eigenvalue weighted by Crippen LogP contribution is 2.16. The molecular weight excluding hydrogens is 260 g/mol. The lowest BCUT2D eigenvalue weighted by atomic mass is 10.1. The smallest absolute Gasteiger partial charge is 0.177 e. The lowest BCUT2D eigenvalue weighted by Crippen LogP contribution is -2.24. The topological polar surface area (TPSA) is 45.0 Å².